The molecule has 0 radical (unpaired) electrons. The number of nitrogens with one attached hydrogen (secondary N) is 1. The average molecular weight is 206 g/mol. The Kier molecular flexibility index (Phi) is 3.50. The van der Waals surface area contributed by atoms with Crippen molar-refractivity contribution in [3.63, 3.8) is 0 Å². The van der Waals surface area contributed by atoms with Gasteiger partial charge in [0.25, 0.3) is 0 Å². The number of hydrogen-bond acceptors (Lipinski definition) is 4. The van der Waals surface area contributed by atoms with E-state index in [0.29, 0.717) is 0 Å². The Balaban J connectivity index is 2.09. The second-order valence-corrected chi connectivity index (χ2v) is 3.92. The predicted octanol–water partition coefficient (Wildman–Crippen LogP) is 1.12. The highest BCUT2D eigenvalue weighted by Crippen LogP contribution is 2.24. The number of hydrogen-bond donors (Lipinski definition) is 2. The summed E-state index contributed by atoms with van der Waals surface area (Å²) in [7, 11) is 0. The van der Waals surface area contributed by atoms with Gasteiger partial charge in [0.2, 0.25) is 0 Å². The summed E-state index contributed by atoms with van der Waals surface area (Å²) >= 11 is 0. The highest BCUT2D eigenvalue weighted by Gasteiger charge is 2.14. The molecular formula is C11H18N4. The maximum Gasteiger partial charge on any atom is 0.132 e. The third kappa shape index (κ3) is 2.45. The minimum Gasteiger partial charge on any atom is -0.370 e. The molecule has 0 aliphatic heterocycles. The van der Waals surface area contributed by atoms with Crippen molar-refractivity contribution in [2.75, 3.05) is 18.4 Å². The van der Waals surface area contributed by atoms with E-state index < -0.39 is 0 Å². The van der Waals surface area contributed by atoms with Gasteiger partial charge in [0, 0.05) is 17.8 Å². The molecule has 0 spiro atoms. The summed E-state index contributed by atoms with van der Waals surface area (Å²) in [6.45, 7) is 1.63. The molecule has 0 saturated heterocycles. The first-order valence-corrected chi connectivity index (χ1v) is 5.68. The first-order chi connectivity index (χ1) is 7.42. The normalized spacial score (nSPS) is 14.7. The Bertz CT molecular complexity index is 324. The summed E-state index contributed by atoms with van der Waals surface area (Å²) in [5.74, 6) is 1.02. The molecule has 1 heterocycles. The van der Waals surface area contributed by atoms with E-state index in [1.807, 2.05) is 0 Å². The minimum absolute atomic E-state index is 0.722. The minimum atomic E-state index is 0.722. The Hall–Kier alpha value is -1.16. The summed E-state index contributed by atoms with van der Waals surface area (Å²) in [6, 6.07) is 0. The molecule has 1 aromatic heterocycles. The lowest BCUT2D eigenvalue weighted by Crippen LogP contribution is -2.14. The number of aryl methyl sites for hydroxylation is 1. The molecule has 0 unspecified atom stereocenters. The van der Waals surface area contributed by atoms with Gasteiger partial charge in [-0.2, -0.15) is 0 Å². The van der Waals surface area contributed by atoms with Gasteiger partial charge in [-0.3, -0.25) is 0 Å². The standard InChI is InChI=1S/C11H18N4/c12-6-3-7-13-11-9-4-1-2-5-10(9)14-8-15-11/h8H,1-7,12H2,(H,13,14,15). The summed E-state index contributed by atoms with van der Waals surface area (Å²) in [5, 5.41) is 3.34. The highest BCUT2D eigenvalue weighted by atomic mass is 15.0. The third-order valence-electron chi connectivity index (χ3n) is 2.80. The summed E-state index contributed by atoms with van der Waals surface area (Å²) in [4.78, 5) is 8.63. The number of fused-ring (bicyclic) bond motifs is 1. The van der Waals surface area contributed by atoms with Crippen molar-refractivity contribution in [1.82, 2.24) is 9.97 Å². The molecule has 4 nitrogen and oxygen atoms in total. The van der Waals surface area contributed by atoms with Crippen molar-refractivity contribution in [2.24, 2.45) is 5.73 Å². The van der Waals surface area contributed by atoms with Crippen LogP contribution < -0.4 is 11.1 Å². The van der Waals surface area contributed by atoms with E-state index in [9.17, 15) is 0 Å². The van der Waals surface area contributed by atoms with Crippen molar-refractivity contribution >= 4 is 5.82 Å². The van der Waals surface area contributed by atoms with Crippen LogP contribution in [0.15, 0.2) is 6.33 Å². The first-order valence-electron chi connectivity index (χ1n) is 5.68. The van der Waals surface area contributed by atoms with Crippen LogP contribution in [-0.2, 0) is 12.8 Å². The predicted molar refractivity (Wildman–Crippen MR) is 60.8 cm³/mol. The lowest BCUT2D eigenvalue weighted by Gasteiger charge is -2.17. The van der Waals surface area contributed by atoms with Crippen LogP contribution in [-0.4, -0.2) is 23.1 Å². The number of nitrogens with two attached hydrogens (primary N) is 1. The zero-order chi connectivity index (χ0) is 10.5. The van der Waals surface area contributed by atoms with E-state index in [0.717, 1.165) is 38.2 Å². The molecule has 0 atom stereocenters. The molecule has 3 N–H and O–H groups in total. The molecule has 0 saturated carbocycles. The van der Waals surface area contributed by atoms with Crippen LogP contribution in [0.2, 0.25) is 0 Å². The topological polar surface area (TPSA) is 63.8 Å². The van der Waals surface area contributed by atoms with Crippen LogP contribution in [0.4, 0.5) is 5.82 Å². The fraction of sp³-hybridized carbons (Fsp3) is 0.636. The number of nitrogens with zero attached hydrogens (tertiary/aromatic N) is 2. The highest BCUT2D eigenvalue weighted by molar-refractivity contribution is 5.46. The fourth-order valence-corrected chi connectivity index (χ4v) is 1.98. The maximum atomic E-state index is 5.46. The molecule has 0 fully saturated rings. The van der Waals surface area contributed by atoms with E-state index in [-0.39, 0.29) is 0 Å². The van der Waals surface area contributed by atoms with Crippen LogP contribution in [0.1, 0.15) is 30.5 Å². The van der Waals surface area contributed by atoms with Crippen molar-refractivity contribution in [3.05, 3.63) is 17.6 Å². The fourth-order valence-electron chi connectivity index (χ4n) is 1.98. The van der Waals surface area contributed by atoms with Crippen molar-refractivity contribution in [1.29, 1.82) is 0 Å². The van der Waals surface area contributed by atoms with Crippen molar-refractivity contribution in [2.45, 2.75) is 32.1 Å². The molecule has 2 rings (SSSR count). The lowest BCUT2D eigenvalue weighted by molar-refractivity contribution is 0.663. The number of anilines is 1. The van der Waals surface area contributed by atoms with Crippen LogP contribution in [0.3, 0.4) is 0 Å². The molecular weight excluding hydrogens is 188 g/mol. The molecule has 15 heavy (non-hydrogen) atoms. The number of rotatable bonds is 4. The third-order valence-corrected chi connectivity index (χ3v) is 2.80. The molecule has 1 aromatic rings. The molecule has 0 aromatic carbocycles. The number of aromatic nitrogens is 2. The molecule has 0 amide bonds. The summed E-state index contributed by atoms with van der Waals surface area (Å²) < 4.78 is 0. The Morgan fingerprint density at radius 3 is 3.00 bits per heavy atom. The second kappa shape index (κ2) is 5.07. The van der Waals surface area contributed by atoms with Crippen molar-refractivity contribution < 1.29 is 0 Å². The second-order valence-electron chi connectivity index (χ2n) is 3.92. The van der Waals surface area contributed by atoms with E-state index in [2.05, 4.69) is 15.3 Å². The van der Waals surface area contributed by atoms with Crippen LogP contribution >= 0.6 is 0 Å². The van der Waals surface area contributed by atoms with E-state index in [1.54, 1.807) is 6.33 Å². The van der Waals surface area contributed by atoms with Crippen molar-refractivity contribution in [3.8, 4) is 0 Å². The van der Waals surface area contributed by atoms with Gasteiger partial charge in [-0.15, -0.1) is 0 Å². The average Bonchev–Trinajstić information content (AvgIpc) is 2.30. The van der Waals surface area contributed by atoms with Gasteiger partial charge < -0.3 is 11.1 Å². The summed E-state index contributed by atoms with van der Waals surface area (Å²) in [6.07, 6.45) is 7.37. The Labute approximate surface area is 90.3 Å². The van der Waals surface area contributed by atoms with Gasteiger partial charge in [-0.1, -0.05) is 0 Å². The van der Waals surface area contributed by atoms with Gasteiger partial charge in [0.15, 0.2) is 0 Å². The summed E-state index contributed by atoms with van der Waals surface area (Å²) in [5.41, 5.74) is 8.01. The zero-order valence-electron chi connectivity index (χ0n) is 9.00. The molecule has 1 aliphatic carbocycles. The lowest BCUT2D eigenvalue weighted by atomic mass is 9.96. The smallest absolute Gasteiger partial charge is 0.132 e. The van der Waals surface area contributed by atoms with Gasteiger partial charge in [-0.25, -0.2) is 9.97 Å². The zero-order valence-corrected chi connectivity index (χ0v) is 9.00. The molecule has 82 valence electrons. The SMILES string of the molecule is NCCCNc1ncnc2c1CCCC2. The van der Waals surface area contributed by atoms with E-state index in [1.165, 1.54) is 24.1 Å². The van der Waals surface area contributed by atoms with Crippen LogP contribution in [0.5, 0.6) is 0 Å². The Morgan fingerprint density at radius 2 is 2.13 bits per heavy atom. The van der Waals surface area contributed by atoms with E-state index >= 15 is 0 Å². The monoisotopic (exact) mass is 206 g/mol. The molecule has 1 aliphatic rings. The van der Waals surface area contributed by atoms with Gasteiger partial charge >= 0.3 is 0 Å². The van der Waals surface area contributed by atoms with Gasteiger partial charge in [0.05, 0.1) is 0 Å². The largest absolute Gasteiger partial charge is 0.370 e. The van der Waals surface area contributed by atoms with Crippen LogP contribution in [0, 0.1) is 0 Å². The molecule has 4 heteroatoms. The Morgan fingerprint density at radius 1 is 1.27 bits per heavy atom. The van der Waals surface area contributed by atoms with E-state index in [4.69, 9.17) is 5.73 Å². The first kappa shape index (κ1) is 10.4. The molecule has 0 bridgehead atoms. The van der Waals surface area contributed by atoms with Crippen LogP contribution in [0.25, 0.3) is 0 Å². The quantitative estimate of drug-likeness (QED) is 0.724. The maximum absolute atomic E-state index is 5.46. The van der Waals surface area contributed by atoms with Gasteiger partial charge in [0.1, 0.15) is 12.1 Å². The van der Waals surface area contributed by atoms with Gasteiger partial charge in [-0.05, 0) is 38.6 Å².